The Morgan fingerprint density at radius 3 is 2.15 bits per heavy atom. The van der Waals surface area contributed by atoms with Crippen LogP contribution >= 0.6 is 0 Å². The third kappa shape index (κ3) is 3.17. The van der Waals surface area contributed by atoms with Crippen molar-refractivity contribution < 1.29 is 24.1 Å². The molecule has 0 aromatic rings. The van der Waals surface area contributed by atoms with Crippen molar-refractivity contribution in [2.45, 2.75) is 76.3 Å². The highest BCUT2D eigenvalue weighted by Crippen LogP contribution is 2.36. The van der Waals surface area contributed by atoms with Gasteiger partial charge in [-0.1, -0.05) is 0 Å². The molecule has 2 aliphatic rings. The topological polar surface area (TPSA) is 57.2 Å². The molecule has 8 unspecified atom stereocenters. The van der Waals surface area contributed by atoms with Crippen molar-refractivity contribution in [1.82, 2.24) is 0 Å². The highest BCUT2D eigenvalue weighted by Gasteiger charge is 2.46. The van der Waals surface area contributed by atoms with E-state index in [-0.39, 0.29) is 42.5 Å². The van der Waals surface area contributed by atoms with E-state index < -0.39 is 6.10 Å². The summed E-state index contributed by atoms with van der Waals surface area (Å²) in [6, 6.07) is 0. The van der Waals surface area contributed by atoms with E-state index in [0.717, 1.165) is 6.42 Å². The van der Waals surface area contributed by atoms with Crippen LogP contribution in [0.5, 0.6) is 0 Å². The van der Waals surface area contributed by atoms with Crippen molar-refractivity contribution in [3.05, 3.63) is 0 Å². The van der Waals surface area contributed by atoms with Gasteiger partial charge in [0.1, 0.15) is 6.10 Å². The summed E-state index contributed by atoms with van der Waals surface area (Å²) in [4.78, 5) is 0. The largest absolute Gasteiger partial charge is 0.388 e. The van der Waals surface area contributed by atoms with Crippen molar-refractivity contribution in [3.63, 3.8) is 0 Å². The molecular weight excluding hydrogens is 260 g/mol. The molecule has 8 atom stereocenters. The predicted molar refractivity (Wildman–Crippen MR) is 74.7 cm³/mol. The van der Waals surface area contributed by atoms with E-state index in [1.165, 1.54) is 0 Å². The molecule has 0 saturated carbocycles. The number of aliphatic hydroxyl groups is 1. The van der Waals surface area contributed by atoms with Gasteiger partial charge in [-0.15, -0.1) is 0 Å². The quantitative estimate of drug-likeness (QED) is 0.850. The minimum Gasteiger partial charge on any atom is -0.388 e. The second-order valence-corrected chi connectivity index (χ2v) is 6.12. The zero-order valence-corrected chi connectivity index (χ0v) is 13.1. The molecule has 5 nitrogen and oxygen atoms in total. The van der Waals surface area contributed by atoms with Crippen molar-refractivity contribution in [3.8, 4) is 0 Å². The Morgan fingerprint density at radius 1 is 0.900 bits per heavy atom. The molecule has 2 aliphatic heterocycles. The summed E-state index contributed by atoms with van der Waals surface area (Å²) in [7, 11) is 3.39. The molecule has 0 aliphatic carbocycles. The van der Waals surface area contributed by atoms with E-state index >= 15 is 0 Å². The molecule has 1 N–H and O–H groups in total. The van der Waals surface area contributed by atoms with Crippen LogP contribution in [0.15, 0.2) is 0 Å². The maximum Gasteiger partial charge on any atom is 0.106 e. The molecule has 2 rings (SSSR count). The van der Waals surface area contributed by atoms with Gasteiger partial charge in [0.05, 0.1) is 36.6 Å². The molecule has 0 radical (unpaired) electrons. The number of hydrogen-bond acceptors (Lipinski definition) is 5. The fourth-order valence-corrected chi connectivity index (χ4v) is 3.66. The van der Waals surface area contributed by atoms with Crippen molar-refractivity contribution in [1.29, 1.82) is 0 Å². The molecule has 0 amide bonds. The second-order valence-electron chi connectivity index (χ2n) is 6.12. The van der Waals surface area contributed by atoms with Gasteiger partial charge in [0, 0.05) is 26.6 Å². The highest BCUT2D eigenvalue weighted by molar-refractivity contribution is 4.94. The van der Waals surface area contributed by atoms with Crippen LogP contribution in [0.1, 0.15) is 33.6 Å². The molecule has 2 heterocycles. The number of methoxy groups -OCH3 is 2. The lowest BCUT2D eigenvalue weighted by Gasteiger charge is -2.47. The fourth-order valence-electron chi connectivity index (χ4n) is 3.66. The van der Waals surface area contributed by atoms with Crippen LogP contribution in [0.4, 0.5) is 0 Å². The van der Waals surface area contributed by atoms with Crippen molar-refractivity contribution in [2.75, 3.05) is 14.2 Å². The first kappa shape index (κ1) is 16.2. The zero-order chi connectivity index (χ0) is 14.9. The number of aliphatic hydroxyl groups excluding tert-OH is 1. The van der Waals surface area contributed by atoms with Crippen LogP contribution in [-0.4, -0.2) is 62.1 Å². The highest BCUT2D eigenvalue weighted by atomic mass is 16.5. The van der Waals surface area contributed by atoms with Crippen LogP contribution in [-0.2, 0) is 18.9 Å². The van der Waals surface area contributed by atoms with E-state index in [2.05, 4.69) is 13.8 Å². The molecule has 0 aromatic heterocycles. The number of ether oxygens (including phenoxy) is 4. The lowest BCUT2D eigenvalue weighted by molar-refractivity contribution is -0.227. The molecule has 118 valence electrons. The fraction of sp³-hybridized carbons (Fsp3) is 1.00. The molecule has 0 spiro atoms. The van der Waals surface area contributed by atoms with E-state index in [0.29, 0.717) is 6.42 Å². The number of rotatable bonds is 3. The average Bonchev–Trinajstić information content (AvgIpc) is 2.41. The summed E-state index contributed by atoms with van der Waals surface area (Å²) >= 11 is 0. The lowest BCUT2D eigenvalue weighted by atomic mass is 9.80. The zero-order valence-electron chi connectivity index (χ0n) is 13.1. The Hall–Kier alpha value is -0.200. The third-order valence-electron chi connectivity index (χ3n) is 4.73. The van der Waals surface area contributed by atoms with E-state index in [9.17, 15) is 5.11 Å². The van der Waals surface area contributed by atoms with Crippen LogP contribution in [0.2, 0.25) is 0 Å². The minimum absolute atomic E-state index is 0.00852. The Labute approximate surface area is 121 Å². The van der Waals surface area contributed by atoms with Gasteiger partial charge in [0.15, 0.2) is 0 Å². The maximum absolute atomic E-state index is 10.1. The van der Waals surface area contributed by atoms with Gasteiger partial charge in [-0.25, -0.2) is 0 Å². The molecule has 2 saturated heterocycles. The minimum atomic E-state index is -0.573. The Bertz CT molecular complexity index is 311. The van der Waals surface area contributed by atoms with Gasteiger partial charge in [-0.2, -0.15) is 0 Å². The monoisotopic (exact) mass is 288 g/mol. The summed E-state index contributed by atoms with van der Waals surface area (Å²) in [6.07, 6.45) is 0.954. The molecule has 0 aromatic carbocycles. The summed E-state index contributed by atoms with van der Waals surface area (Å²) in [5.41, 5.74) is 0. The smallest absolute Gasteiger partial charge is 0.106 e. The van der Waals surface area contributed by atoms with Gasteiger partial charge < -0.3 is 24.1 Å². The van der Waals surface area contributed by atoms with E-state index in [1.807, 2.05) is 6.92 Å². The molecule has 2 fully saturated rings. The average molecular weight is 288 g/mol. The lowest BCUT2D eigenvalue weighted by Crippen LogP contribution is -2.56. The third-order valence-corrected chi connectivity index (χ3v) is 4.73. The van der Waals surface area contributed by atoms with Crippen molar-refractivity contribution >= 4 is 0 Å². The first-order chi connectivity index (χ1) is 9.47. The van der Waals surface area contributed by atoms with Gasteiger partial charge >= 0.3 is 0 Å². The Kier molecular flexibility index (Phi) is 5.42. The van der Waals surface area contributed by atoms with E-state index in [4.69, 9.17) is 18.9 Å². The SMILES string of the molecule is COC1CC(C2C(C)OC(C)CC2OC)OC(C)C1O. The summed E-state index contributed by atoms with van der Waals surface area (Å²) in [5, 5.41) is 10.1. The first-order valence-electron chi connectivity index (χ1n) is 7.52. The molecule has 0 bridgehead atoms. The summed E-state index contributed by atoms with van der Waals surface area (Å²) < 4.78 is 23.0. The molecular formula is C15H28O5. The maximum atomic E-state index is 10.1. The normalized spacial score (nSPS) is 50.1. The molecule has 20 heavy (non-hydrogen) atoms. The van der Waals surface area contributed by atoms with Crippen LogP contribution in [0.3, 0.4) is 0 Å². The summed E-state index contributed by atoms with van der Waals surface area (Å²) in [6.45, 7) is 6.04. The Morgan fingerprint density at radius 2 is 1.55 bits per heavy atom. The van der Waals surface area contributed by atoms with Crippen molar-refractivity contribution in [2.24, 2.45) is 5.92 Å². The molecule has 5 heteroatoms. The van der Waals surface area contributed by atoms with Gasteiger partial charge in [-0.05, 0) is 27.2 Å². The number of hydrogen-bond donors (Lipinski definition) is 1. The van der Waals surface area contributed by atoms with Gasteiger partial charge in [0.25, 0.3) is 0 Å². The standard InChI is InChI=1S/C15H28O5/c1-8-6-11(17-4)14(9(2)19-8)12-7-13(18-5)15(16)10(3)20-12/h8-16H,6-7H2,1-5H3. The van der Waals surface area contributed by atoms with Gasteiger partial charge in [0.2, 0.25) is 0 Å². The second kappa shape index (κ2) is 6.71. The summed E-state index contributed by atoms with van der Waals surface area (Å²) in [5.74, 6) is 0.170. The first-order valence-corrected chi connectivity index (χ1v) is 7.52. The van der Waals surface area contributed by atoms with E-state index in [1.54, 1.807) is 14.2 Å². The Balaban J connectivity index is 2.12. The predicted octanol–water partition coefficient (Wildman–Crippen LogP) is 1.37. The van der Waals surface area contributed by atoms with Crippen LogP contribution in [0, 0.1) is 5.92 Å². The van der Waals surface area contributed by atoms with Crippen LogP contribution in [0.25, 0.3) is 0 Å². The van der Waals surface area contributed by atoms with Crippen LogP contribution < -0.4 is 0 Å². The van der Waals surface area contributed by atoms with Gasteiger partial charge in [-0.3, -0.25) is 0 Å².